The average molecular weight is 282 g/mol. The van der Waals surface area contributed by atoms with Gasteiger partial charge in [0.1, 0.15) is 0 Å². The first-order chi connectivity index (χ1) is 7.64. The van der Waals surface area contributed by atoms with E-state index in [1.54, 1.807) is 0 Å². The van der Waals surface area contributed by atoms with Crippen LogP contribution in [0.15, 0.2) is 36.9 Å². The zero-order chi connectivity index (χ0) is 13.5. The molecule has 0 fully saturated rings. The highest BCUT2D eigenvalue weighted by molar-refractivity contribution is 7.60. The molecule has 0 heterocycles. The molecule has 0 saturated heterocycles. The minimum absolute atomic E-state index is 1.17. The van der Waals surface area contributed by atoms with Crippen LogP contribution in [-0.4, -0.2) is 19.6 Å². The van der Waals surface area contributed by atoms with Crippen LogP contribution in [0.4, 0.5) is 0 Å². The topological polar surface area (TPSA) is 124 Å². The molecule has 1 aromatic rings. The molecular weight excluding hydrogens is 270 g/mol. The molecule has 0 radical (unpaired) electrons. The first-order valence-corrected chi connectivity index (χ1v) is 7.20. The Balaban J connectivity index is 0.000000302. The maximum absolute atomic E-state index is 9.63. The fraction of sp³-hybridized carbons (Fsp3) is 0. The van der Waals surface area contributed by atoms with Crippen LogP contribution in [0.25, 0.3) is 6.08 Å². The molecule has 1 rings (SSSR count). The Morgan fingerprint density at radius 3 is 1.59 bits per heavy atom. The molecule has 0 bridgehead atoms. The van der Waals surface area contributed by atoms with Crippen LogP contribution < -0.4 is 0 Å². The molecule has 7 nitrogen and oxygen atoms in total. The van der Waals surface area contributed by atoms with Gasteiger partial charge in [0.25, 0.3) is 0 Å². The summed E-state index contributed by atoms with van der Waals surface area (Å²) in [6.45, 7) is 3.63. The zero-order valence-corrected chi connectivity index (χ0v) is 10.4. The van der Waals surface area contributed by atoms with Crippen LogP contribution in [0, 0.1) is 0 Å². The highest BCUT2D eigenvalue weighted by Crippen LogP contribution is 2.53. The Morgan fingerprint density at radius 1 is 1.00 bits per heavy atom. The van der Waals surface area contributed by atoms with E-state index in [4.69, 9.17) is 19.6 Å². The van der Waals surface area contributed by atoms with E-state index in [0.717, 1.165) is 0 Å². The number of phosphoric acid groups is 2. The van der Waals surface area contributed by atoms with Gasteiger partial charge >= 0.3 is 15.6 Å². The lowest BCUT2D eigenvalue weighted by atomic mass is 10.2. The van der Waals surface area contributed by atoms with Gasteiger partial charge in [-0.05, 0) is 5.56 Å². The van der Waals surface area contributed by atoms with Crippen LogP contribution in [0.2, 0.25) is 0 Å². The van der Waals surface area contributed by atoms with E-state index in [-0.39, 0.29) is 0 Å². The van der Waals surface area contributed by atoms with Crippen molar-refractivity contribution in [3.63, 3.8) is 0 Å². The van der Waals surface area contributed by atoms with Gasteiger partial charge in [-0.3, -0.25) is 0 Å². The molecule has 0 atom stereocenters. The van der Waals surface area contributed by atoms with Gasteiger partial charge in [-0.15, -0.1) is 0 Å². The molecule has 96 valence electrons. The Bertz CT molecular complexity index is 412. The fourth-order valence-electron chi connectivity index (χ4n) is 0.728. The second kappa shape index (κ2) is 6.83. The number of rotatable bonds is 3. The Kier molecular flexibility index (Phi) is 6.52. The van der Waals surface area contributed by atoms with Crippen LogP contribution in [0.5, 0.6) is 0 Å². The molecule has 0 saturated carbocycles. The summed E-state index contributed by atoms with van der Waals surface area (Å²) in [4.78, 5) is 31.0. The number of hydrogen-bond donors (Lipinski definition) is 4. The summed E-state index contributed by atoms with van der Waals surface area (Å²) in [5.74, 6) is 0. The van der Waals surface area contributed by atoms with Crippen LogP contribution in [0.1, 0.15) is 5.56 Å². The third-order valence-electron chi connectivity index (χ3n) is 1.25. The summed E-state index contributed by atoms with van der Waals surface area (Å²) in [7, 11) is -10.1. The van der Waals surface area contributed by atoms with Crippen LogP contribution in [-0.2, 0) is 13.4 Å². The van der Waals surface area contributed by atoms with Crippen molar-refractivity contribution in [2.24, 2.45) is 0 Å². The van der Waals surface area contributed by atoms with Crippen molar-refractivity contribution in [1.82, 2.24) is 0 Å². The molecule has 0 aliphatic heterocycles. The van der Waals surface area contributed by atoms with Gasteiger partial charge in [-0.25, -0.2) is 9.13 Å². The molecule has 17 heavy (non-hydrogen) atoms. The van der Waals surface area contributed by atoms with Crippen molar-refractivity contribution < 1.29 is 33.0 Å². The lowest BCUT2D eigenvalue weighted by Gasteiger charge is -2.03. The zero-order valence-electron chi connectivity index (χ0n) is 8.58. The smallest absolute Gasteiger partial charge is 0.302 e. The van der Waals surface area contributed by atoms with E-state index in [2.05, 4.69) is 10.9 Å². The largest absolute Gasteiger partial charge is 0.478 e. The summed E-state index contributed by atoms with van der Waals surface area (Å²) in [5, 5.41) is 0. The maximum atomic E-state index is 9.63. The van der Waals surface area contributed by atoms with Gasteiger partial charge < -0.3 is 19.6 Å². The van der Waals surface area contributed by atoms with Crippen molar-refractivity contribution in [3.05, 3.63) is 42.5 Å². The van der Waals surface area contributed by atoms with Gasteiger partial charge in [0.05, 0.1) is 0 Å². The second-order valence-corrected chi connectivity index (χ2v) is 5.29. The number of benzene rings is 1. The number of hydrogen-bond acceptors (Lipinski definition) is 3. The van der Waals surface area contributed by atoms with Gasteiger partial charge in [-0.1, -0.05) is 43.0 Å². The van der Waals surface area contributed by atoms with E-state index in [9.17, 15) is 9.13 Å². The van der Waals surface area contributed by atoms with Crippen molar-refractivity contribution >= 4 is 21.7 Å². The van der Waals surface area contributed by atoms with E-state index in [1.807, 2.05) is 36.4 Å². The minimum Gasteiger partial charge on any atom is -0.302 e. The van der Waals surface area contributed by atoms with Crippen molar-refractivity contribution in [3.8, 4) is 0 Å². The molecule has 0 amide bonds. The Hall–Kier alpha value is -0.780. The normalized spacial score (nSPS) is 11.3. The first kappa shape index (κ1) is 16.2. The molecule has 0 aliphatic rings. The lowest BCUT2D eigenvalue weighted by Crippen LogP contribution is -1.84. The summed E-state index contributed by atoms with van der Waals surface area (Å²) in [5.41, 5.74) is 1.17. The SMILES string of the molecule is C=Cc1ccccc1.O=P(O)(O)OP(=O)(O)O. The van der Waals surface area contributed by atoms with Crippen LogP contribution >= 0.6 is 15.6 Å². The predicted molar refractivity (Wildman–Crippen MR) is 61.7 cm³/mol. The van der Waals surface area contributed by atoms with Gasteiger partial charge in [0.15, 0.2) is 0 Å². The van der Waals surface area contributed by atoms with E-state index in [0.29, 0.717) is 0 Å². The van der Waals surface area contributed by atoms with Crippen molar-refractivity contribution in [2.45, 2.75) is 0 Å². The molecule has 1 aromatic carbocycles. The highest BCUT2D eigenvalue weighted by atomic mass is 31.3. The predicted octanol–water partition coefficient (Wildman–Crippen LogP) is 1.52. The third-order valence-corrected chi connectivity index (χ3v) is 2.95. The minimum atomic E-state index is -5.05. The maximum Gasteiger partial charge on any atom is 0.478 e. The summed E-state index contributed by atoms with van der Waals surface area (Å²) >= 11 is 0. The molecule has 4 N–H and O–H groups in total. The molecule has 0 spiro atoms. The molecule has 0 aromatic heterocycles. The molecule has 9 heteroatoms. The highest BCUT2D eigenvalue weighted by Gasteiger charge is 2.27. The van der Waals surface area contributed by atoms with Crippen LogP contribution in [0.3, 0.4) is 0 Å². The van der Waals surface area contributed by atoms with Gasteiger partial charge in [-0.2, -0.15) is 4.31 Å². The summed E-state index contributed by atoms with van der Waals surface area (Å²) in [6, 6.07) is 10.0. The van der Waals surface area contributed by atoms with E-state index >= 15 is 0 Å². The van der Waals surface area contributed by atoms with Crippen molar-refractivity contribution in [1.29, 1.82) is 0 Å². The first-order valence-electron chi connectivity index (χ1n) is 4.14. The summed E-state index contributed by atoms with van der Waals surface area (Å²) in [6.07, 6.45) is 1.83. The monoisotopic (exact) mass is 282 g/mol. The second-order valence-electron chi connectivity index (χ2n) is 2.68. The average Bonchev–Trinajstić information content (AvgIpc) is 2.14. The van der Waals surface area contributed by atoms with E-state index in [1.165, 1.54) is 5.56 Å². The quantitative estimate of drug-likeness (QED) is 0.619. The van der Waals surface area contributed by atoms with Gasteiger partial charge in [0.2, 0.25) is 0 Å². The Morgan fingerprint density at radius 2 is 1.41 bits per heavy atom. The van der Waals surface area contributed by atoms with E-state index < -0.39 is 15.6 Å². The molecule has 0 unspecified atom stereocenters. The lowest BCUT2D eigenvalue weighted by molar-refractivity contribution is 0.225. The third kappa shape index (κ3) is 11.5. The fourth-order valence-corrected chi connectivity index (χ4v) is 1.84. The standard InChI is InChI=1S/C8H8.H4O7P2/c1-2-8-6-4-3-5-7-8;1-8(2,3)7-9(4,5)6/h2-7H,1H2;(H2,1,2,3)(H2,4,5,6). The summed E-state index contributed by atoms with van der Waals surface area (Å²) < 4.78 is 22.2. The van der Waals surface area contributed by atoms with Crippen molar-refractivity contribution in [2.75, 3.05) is 0 Å². The molecular formula is C8H12O7P2. The Labute approximate surface area is 97.9 Å². The molecule has 0 aliphatic carbocycles. The van der Waals surface area contributed by atoms with Gasteiger partial charge in [0, 0.05) is 0 Å².